The van der Waals surface area contributed by atoms with Crippen LogP contribution in [-0.4, -0.2) is 15.6 Å². The van der Waals surface area contributed by atoms with Gasteiger partial charge >= 0.3 is 0 Å². The van der Waals surface area contributed by atoms with Gasteiger partial charge in [-0.15, -0.1) is 0 Å². The van der Waals surface area contributed by atoms with Crippen molar-refractivity contribution in [3.8, 4) is 0 Å². The van der Waals surface area contributed by atoms with E-state index < -0.39 is 0 Å². The Hall–Kier alpha value is -1.35. The molecule has 18 heavy (non-hydrogen) atoms. The van der Waals surface area contributed by atoms with Gasteiger partial charge in [0.25, 0.3) is 0 Å². The van der Waals surface area contributed by atoms with Crippen molar-refractivity contribution in [3.05, 3.63) is 30.1 Å². The molecule has 0 amide bonds. The third kappa shape index (κ3) is 1.37. The molecule has 1 unspecified atom stereocenters. The summed E-state index contributed by atoms with van der Waals surface area (Å²) >= 11 is 0. The van der Waals surface area contributed by atoms with Crippen molar-refractivity contribution in [1.82, 2.24) is 9.55 Å². The Bertz CT molecular complexity index is 603. The molecule has 1 aromatic heterocycles. The summed E-state index contributed by atoms with van der Waals surface area (Å²) in [6, 6.07) is 7.69. The Morgan fingerprint density at radius 2 is 2.17 bits per heavy atom. The third-order valence-corrected chi connectivity index (χ3v) is 4.75. The fourth-order valence-electron chi connectivity index (χ4n) is 3.13. The first-order chi connectivity index (χ1) is 8.71. The molecule has 2 N–H and O–H groups in total. The first-order valence-electron chi connectivity index (χ1n) is 6.93. The van der Waals surface area contributed by atoms with E-state index in [-0.39, 0.29) is 11.5 Å². The van der Waals surface area contributed by atoms with E-state index in [9.17, 15) is 0 Å². The Kier molecular flexibility index (Phi) is 1.97. The van der Waals surface area contributed by atoms with Crippen LogP contribution in [0.5, 0.6) is 0 Å². The molecule has 2 fully saturated rings. The molecule has 0 radical (unpaired) electrons. The van der Waals surface area contributed by atoms with Crippen LogP contribution in [0.25, 0.3) is 11.0 Å². The topological polar surface area (TPSA) is 43.8 Å². The normalized spacial score (nSPS) is 23.2. The van der Waals surface area contributed by atoms with Gasteiger partial charge in [0.05, 0.1) is 17.4 Å². The lowest BCUT2D eigenvalue weighted by atomic mass is 9.89. The molecular formula is C15H19N3. The number of benzene rings is 1. The van der Waals surface area contributed by atoms with E-state index in [0.29, 0.717) is 6.04 Å². The highest BCUT2D eigenvalue weighted by atomic mass is 15.1. The molecule has 2 aliphatic rings. The van der Waals surface area contributed by atoms with E-state index in [0.717, 1.165) is 5.52 Å². The molecule has 94 valence electrons. The van der Waals surface area contributed by atoms with Gasteiger partial charge in [-0.25, -0.2) is 4.98 Å². The predicted molar refractivity (Wildman–Crippen MR) is 72.6 cm³/mol. The van der Waals surface area contributed by atoms with E-state index >= 15 is 0 Å². The third-order valence-electron chi connectivity index (χ3n) is 4.75. The lowest BCUT2D eigenvalue weighted by Crippen LogP contribution is -2.31. The predicted octanol–water partition coefficient (Wildman–Crippen LogP) is 2.75. The molecule has 4 rings (SSSR count). The van der Waals surface area contributed by atoms with Crippen LogP contribution in [0, 0.1) is 0 Å². The van der Waals surface area contributed by atoms with Crippen molar-refractivity contribution in [2.24, 2.45) is 5.73 Å². The minimum absolute atomic E-state index is 0.234. The zero-order valence-corrected chi connectivity index (χ0v) is 10.8. The molecule has 0 aliphatic heterocycles. The summed E-state index contributed by atoms with van der Waals surface area (Å²) in [6.45, 7) is 2.12. The zero-order valence-electron chi connectivity index (χ0n) is 10.8. The quantitative estimate of drug-likeness (QED) is 0.898. The molecule has 1 heterocycles. The van der Waals surface area contributed by atoms with E-state index in [1.165, 1.54) is 36.8 Å². The Morgan fingerprint density at radius 3 is 2.78 bits per heavy atom. The van der Waals surface area contributed by atoms with Gasteiger partial charge in [-0.1, -0.05) is 6.07 Å². The average Bonchev–Trinajstić information content (AvgIpc) is 3.26. The van der Waals surface area contributed by atoms with Gasteiger partial charge < -0.3 is 10.3 Å². The smallest absolute Gasteiger partial charge is 0.0960 e. The molecule has 3 nitrogen and oxygen atoms in total. The minimum Gasteiger partial charge on any atom is -0.327 e. The molecule has 2 saturated carbocycles. The van der Waals surface area contributed by atoms with Gasteiger partial charge in [0.15, 0.2) is 0 Å². The lowest BCUT2D eigenvalue weighted by molar-refractivity contribution is 0.557. The van der Waals surface area contributed by atoms with Crippen LogP contribution < -0.4 is 5.73 Å². The molecule has 0 bridgehead atoms. The number of rotatable bonds is 3. The molecule has 0 saturated heterocycles. The number of aromatic nitrogens is 2. The second kappa shape index (κ2) is 3.35. The highest BCUT2D eigenvalue weighted by Gasteiger charge is 2.47. The molecule has 1 atom stereocenters. The number of hydrogen-bond donors (Lipinski definition) is 1. The van der Waals surface area contributed by atoms with Crippen LogP contribution in [0.4, 0.5) is 0 Å². The van der Waals surface area contributed by atoms with Crippen LogP contribution >= 0.6 is 0 Å². The summed E-state index contributed by atoms with van der Waals surface area (Å²) in [7, 11) is 0. The van der Waals surface area contributed by atoms with E-state index in [4.69, 9.17) is 5.73 Å². The van der Waals surface area contributed by atoms with Crippen LogP contribution in [-0.2, 0) is 5.41 Å². The fraction of sp³-hybridized carbons (Fsp3) is 0.533. The number of hydrogen-bond acceptors (Lipinski definition) is 2. The Morgan fingerprint density at radius 1 is 1.39 bits per heavy atom. The highest BCUT2D eigenvalue weighted by Crippen LogP contribution is 2.50. The molecule has 2 aromatic rings. The molecule has 0 spiro atoms. The summed E-state index contributed by atoms with van der Waals surface area (Å²) in [6.07, 6.45) is 7.05. The first-order valence-corrected chi connectivity index (χ1v) is 6.93. The lowest BCUT2D eigenvalue weighted by Gasteiger charge is -2.20. The summed E-state index contributed by atoms with van der Waals surface area (Å²) in [5, 5.41) is 0. The minimum atomic E-state index is 0.234. The molecular weight excluding hydrogens is 222 g/mol. The van der Waals surface area contributed by atoms with Crippen molar-refractivity contribution in [3.63, 3.8) is 0 Å². The van der Waals surface area contributed by atoms with Crippen molar-refractivity contribution in [1.29, 1.82) is 0 Å². The Balaban J connectivity index is 1.81. The number of nitrogens with two attached hydrogens (primary N) is 1. The van der Waals surface area contributed by atoms with Crippen molar-refractivity contribution >= 4 is 11.0 Å². The van der Waals surface area contributed by atoms with Crippen LogP contribution in [0.1, 0.15) is 44.2 Å². The molecule has 2 aliphatic carbocycles. The number of imidazole rings is 1. The standard InChI is InChI=1S/C15H19N3/c1-10(16)15(6-7-15)11-2-5-14-13(8-11)17-9-18(14)12-3-4-12/h2,5,8-10,12H,3-4,6-7,16H2,1H3. The maximum Gasteiger partial charge on any atom is 0.0960 e. The maximum atomic E-state index is 6.15. The fourth-order valence-corrected chi connectivity index (χ4v) is 3.13. The largest absolute Gasteiger partial charge is 0.327 e. The van der Waals surface area contributed by atoms with Gasteiger partial charge in [-0.3, -0.25) is 0 Å². The van der Waals surface area contributed by atoms with Crippen molar-refractivity contribution < 1.29 is 0 Å². The van der Waals surface area contributed by atoms with Gasteiger partial charge in [-0.2, -0.15) is 0 Å². The summed E-state index contributed by atoms with van der Waals surface area (Å²) < 4.78 is 2.32. The molecule has 3 heteroatoms. The summed E-state index contributed by atoms with van der Waals surface area (Å²) in [4.78, 5) is 4.56. The van der Waals surface area contributed by atoms with Crippen LogP contribution in [0.3, 0.4) is 0 Å². The number of nitrogens with zero attached hydrogens (tertiary/aromatic N) is 2. The van der Waals surface area contributed by atoms with E-state index in [1.807, 2.05) is 6.33 Å². The maximum absolute atomic E-state index is 6.15. The molecule has 1 aromatic carbocycles. The average molecular weight is 241 g/mol. The number of fused-ring (bicyclic) bond motifs is 1. The van der Waals surface area contributed by atoms with E-state index in [2.05, 4.69) is 34.7 Å². The van der Waals surface area contributed by atoms with Gasteiger partial charge in [-0.05, 0) is 50.3 Å². The second-order valence-corrected chi connectivity index (χ2v) is 6.03. The Labute approximate surface area is 107 Å². The summed E-state index contributed by atoms with van der Waals surface area (Å²) in [5.74, 6) is 0. The first kappa shape index (κ1) is 10.6. The SMILES string of the molecule is CC(N)C1(c2ccc3c(c2)ncn3C2CC2)CC1. The second-order valence-electron chi connectivity index (χ2n) is 6.03. The van der Waals surface area contributed by atoms with Crippen molar-refractivity contribution in [2.45, 2.75) is 50.1 Å². The summed E-state index contributed by atoms with van der Waals surface area (Å²) in [5.41, 5.74) is 10.2. The monoisotopic (exact) mass is 241 g/mol. The van der Waals surface area contributed by atoms with Crippen LogP contribution in [0.2, 0.25) is 0 Å². The van der Waals surface area contributed by atoms with E-state index in [1.54, 1.807) is 0 Å². The zero-order chi connectivity index (χ0) is 12.3. The van der Waals surface area contributed by atoms with Gasteiger partial charge in [0.2, 0.25) is 0 Å². The van der Waals surface area contributed by atoms with Gasteiger partial charge in [0, 0.05) is 17.5 Å². The van der Waals surface area contributed by atoms with Crippen LogP contribution in [0.15, 0.2) is 24.5 Å². The highest BCUT2D eigenvalue weighted by molar-refractivity contribution is 5.77. The van der Waals surface area contributed by atoms with Gasteiger partial charge in [0.1, 0.15) is 0 Å². The van der Waals surface area contributed by atoms with Crippen molar-refractivity contribution in [2.75, 3.05) is 0 Å².